The zero-order chi connectivity index (χ0) is 17.4. The van der Waals surface area contributed by atoms with Crippen molar-refractivity contribution in [3.8, 4) is 0 Å². The number of furan rings is 2. The molecular weight excluding hydrogens is 312 g/mol. The average molecular weight is 330 g/mol. The fourth-order valence-corrected chi connectivity index (χ4v) is 1.71. The molecule has 2 N–H and O–H groups in total. The molecule has 2 aromatic heterocycles. The maximum Gasteiger partial charge on any atom is 0.240 e. The highest BCUT2D eigenvalue weighted by Crippen LogP contribution is 2.02. The van der Waals surface area contributed by atoms with Crippen LogP contribution in [0.1, 0.15) is 38.2 Å². The second kappa shape index (κ2) is 8.47. The summed E-state index contributed by atoms with van der Waals surface area (Å²) in [4.78, 5) is 23.3. The minimum Gasteiger partial charge on any atom is -0.463 e. The quantitative estimate of drug-likeness (QED) is 0.598. The summed E-state index contributed by atoms with van der Waals surface area (Å²) in [5.74, 6) is 0.386. The highest BCUT2D eigenvalue weighted by Gasteiger charge is 2.07. The fourth-order valence-electron chi connectivity index (χ4n) is 1.71. The second-order valence-electron chi connectivity index (χ2n) is 4.92. The lowest BCUT2D eigenvalue weighted by Crippen LogP contribution is -2.24. The predicted molar refractivity (Wildman–Crippen MR) is 87.4 cm³/mol. The Morgan fingerprint density at radius 1 is 0.875 bits per heavy atom. The third kappa shape index (κ3) is 5.24. The van der Waals surface area contributed by atoms with Gasteiger partial charge in [-0.25, -0.2) is 10.9 Å². The van der Waals surface area contributed by atoms with Gasteiger partial charge in [0.25, 0.3) is 0 Å². The molecule has 0 atom stereocenters. The number of amides is 2. The molecule has 0 saturated carbocycles. The van der Waals surface area contributed by atoms with E-state index in [1.807, 2.05) is 0 Å². The molecule has 0 aliphatic heterocycles. The van der Waals surface area contributed by atoms with E-state index in [0.717, 1.165) is 0 Å². The lowest BCUT2D eigenvalue weighted by Gasteiger charge is -2.02. The van der Waals surface area contributed by atoms with Gasteiger partial charge in [-0.3, -0.25) is 9.59 Å². The van der Waals surface area contributed by atoms with Crippen LogP contribution in [-0.4, -0.2) is 23.2 Å². The smallest absolute Gasteiger partial charge is 0.240 e. The van der Waals surface area contributed by atoms with Crippen molar-refractivity contribution in [2.24, 2.45) is 10.2 Å². The average Bonchev–Trinajstić information content (AvgIpc) is 3.28. The van der Waals surface area contributed by atoms with Crippen LogP contribution in [0.3, 0.4) is 0 Å². The molecule has 2 amide bonds. The molecule has 24 heavy (non-hydrogen) atoms. The maximum absolute atomic E-state index is 11.7. The van der Waals surface area contributed by atoms with Crippen molar-refractivity contribution in [1.29, 1.82) is 0 Å². The number of hydrogen-bond acceptors (Lipinski definition) is 6. The van der Waals surface area contributed by atoms with Crippen LogP contribution in [0.5, 0.6) is 0 Å². The first-order valence-corrected chi connectivity index (χ1v) is 7.30. The monoisotopic (exact) mass is 330 g/mol. The Bertz CT molecular complexity index is 666. The fraction of sp³-hybridized carbons (Fsp3) is 0.250. The summed E-state index contributed by atoms with van der Waals surface area (Å²) in [5.41, 5.74) is 5.82. The number of nitrogens with one attached hydrogen (secondary N) is 2. The van der Waals surface area contributed by atoms with Gasteiger partial charge in [0, 0.05) is 12.8 Å². The van der Waals surface area contributed by atoms with Gasteiger partial charge in [-0.2, -0.15) is 10.2 Å². The molecule has 0 aliphatic rings. The van der Waals surface area contributed by atoms with E-state index in [1.54, 1.807) is 38.1 Å². The highest BCUT2D eigenvalue weighted by atomic mass is 16.3. The Hall–Kier alpha value is -3.16. The van der Waals surface area contributed by atoms with Gasteiger partial charge >= 0.3 is 0 Å². The Kier molecular flexibility index (Phi) is 6.07. The summed E-state index contributed by atoms with van der Waals surface area (Å²) < 4.78 is 10.3. The molecule has 0 bridgehead atoms. The van der Waals surface area contributed by atoms with Gasteiger partial charge in [0.1, 0.15) is 22.9 Å². The Morgan fingerprint density at radius 2 is 1.29 bits per heavy atom. The summed E-state index contributed by atoms with van der Waals surface area (Å²) in [7, 11) is 0. The lowest BCUT2D eigenvalue weighted by molar-refractivity contribution is -0.126. The number of rotatable bonds is 7. The van der Waals surface area contributed by atoms with E-state index in [1.165, 1.54) is 12.5 Å². The van der Waals surface area contributed by atoms with Crippen LogP contribution in [0.4, 0.5) is 0 Å². The third-order valence-electron chi connectivity index (χ3n) is 3.03. The lowest BCUT2D eigenvalue weighted by atomic mass is 10.3. The largest absolute Gasteiger partial charge is 0.463 e. The van der Waals surface area contributed by atoms with Crippen molar-refractivity contribution in [3.05, 3.63) is 48.3 Å². The normalized spacial score (nSPS) is 12.1. The van der Waals surface area contributed by atoms with Crippen LogP contribution in [0.15, 0.2) is 55.8 Å². The molecule has 0 aliphatic carbocycles. The summed E-state index contributed by atoms with van der Waals surface area (Å²) in [6.45, 7) is 3.41. The molecular formula is C16H18N4O4. The van der Waals surface area contributed by atoms with Crippen molar-refractivity contribution in [3.63, 3.8) is 0 Å². The van der Waals surface area contributed by atoms with E-state index < -0.39 is 0 Å². The molecule has 126 valence electrons. The molecule has 8 nitrogen and oxygen atoms in total. The van der Waals surface area contributed by atoms with Crippen molar-refractivity contribution in [1.82, 2.24) is 10.9 Å². The summed E-state index contributed by atoms with van der Waals surface area (Å²) >= 11 is 0. The Balaban J connectivity index is 1.72. The van der Waals surface area contributed by atoms with Crippen molar-refractivity contribution in [2.45, 2.75) is 26.7 Å². The first-order valence-electron chi connectivity index (χ1n) is 7.30. The van der Waals surface area contributed by atoms with E-state index in [4.69, 9.17) is 8.83 Å². The van der Waals surface area contributed by atoms with Gasteiger partial charge in [-0.1, -0.05) is 0 Å². The van der Waals surface area contributed by atoms with Gasteiger partial charge in [0.15, 0.2) is 0 Å². The van der Waals surface area contributed by atoms with Gasteiger partial charge in [-0.05, 0) is 38.1 Å². The second-order valence-corrected chi connectivity index (χ2v) is 4.92. The molecule has 2 heterocycles. The van der Waals surface area contributed by atoms with Crippen LogP contribution in [-0.2, 0) is 9.59 Å². The predicted octanol–water partition coefficient (Wildman–Crippen LogP) is 2.03. The SMILES string of the molecule is C/C(=N/NC(=O)CCC(=O)N/N=C(/C)c1ccco1)c1ccco1. The van der Waals surface area contributed by atoms with Gasteiger partial charge in [0.05, 0.1) is 12.5 Å². The summed E-state index contributed by atoms with van der Waals surface area (Å²) in [6.07, 6.45) is 3.03. The van der Waals surface area contributed by atoms with E-state index in [0.29, 0.717) is 22.9 Å². The number of carbonyl (C=O) groups excluding carboxylic acids is 2. The zero-order valence-electron chi connectivity index (χ0n) is 13.4. The van der Waals surface area contributed by atoms with Crippen molar-refractivity contribution >= 4 is 23.2 Å². The molecule has 0 saturated heterocycles. The van der Waals surface area contributed by atoms with Crippen LogP contribution in [0, 0.1) is 0 Å². The van der Waals surface area contributed by atoms with E-state index in [2.05, 4.69) is 21.1 Å². The molecule has 0 aromatic carbocycles. The van der Waals surface area contributed by atoms with E-state index >= 15 is 0 Å². The van der Waals surface area contributed by atoms with Gasteiger partial charge in [-0.15, -0.1) is 0 Å². The third-order valence-corrected chi connectivity index (χ3v) is 3.03. The van der Waals surface area contributed by atoms with Crippen LogP contribution in [0.25, 0.3) is 0 Å². The van der Waals surface area contributed by atoms with Gasteiger partial charge < -0.3 is 8.83 Å². The van der Waals surface area contributed by atoms with E-state index in [9.17, 15) is 9.59 Å². The van der Waals surface area contributed by atoms with Crippen molar-refractivity contribution < 1.29 is 18.4 Å². The molecule has 0 radical (unpaired) electrons. The van der Waals surface area contributed by atoms with Crippen LogP contribution in [0.2, 0.25) is 0 Å². The molecule has 2 aromatic rings. The summed E-state index contributed by atoms with van der Waals surface area (Å²) in [5, 5.41) is 7.81. The minimum absolute atomic E-state index is 0.00388. The standard InChI is InChI=1S/C16H18N4O4/c1-11(13-5-3-9-23-13)17-19-15(21)7-8-16(22)20-18-12(2)14-6-4-10-24-14/h3-6,9-10H,7-8H2,1-2H3,(H,19,21)(H,20,22)/b17-11-,18-12-. The van der Waals surface area contributed by atoms with Crippen LogP contribution >= 0.6 is 0 Å². The molecule has 0 fully saturated rings. The topological polar surface area (TPSA) is 109 Å². The molecule has 0 spiro atoms. The van der Waals surface area contributed by atoms with Gasteiger partial charge in [0.2, 0.25) is 11.8 Å². The number of hydrogen-bond donors (Lipinski definition) is 2. The molecule has 2 rings (SSSR count). The number of hydrazone groups is 2. The van der Waals surface area contributed by atoms with Crippen molar-refractivity contribution in [2.75, 3.05) is 0 Å². The van der Waals surface area contributed by atoms with E-state index in [-0.39, 0.29) is 24.7 Å². The number of nitrogens with zero attached hydrogens (tertiary/aromatic N) is 2. The Labute approximate surface area is 138 Å². The zero-order valence-corrected chi connectivity index (χ0v) is 13.4. The minimum atomic E-state index is -0.372. The highest BCUT2D eigenvalue weighted by molar-refractivity contribution is 5.97. The first kappa shape index (κ1) is 17.2. The summed E-state index contributed by atoms with van der Waals surface area (Å²) in [6, 6.07) is 6.92. The molecule has 0 unspecified atom stereocenters. The maximum atomic E-state index is 11.7. The molecule has 8 heteroatoms. The first-order chi connectivity index (χ1) is 11.6. The van der Waals surface area contributed by atoms with Crippen LogP contribution < -0.4 is 10.9 Å². The Morgan fingerprint density at radius 3 is 1.62 bits per heavy atom. The number of carbonyl (C=O) groups is 2.